The zero-order valence-corrected chi connectivity index (χ0v) is 11.8. The van der Waals surface area contributed by atoms with Gasteiger partial charge in [-0.05, 0) is 11.8 Å². The summed E-state index contributed by atoms with van der Waals surface area (Å²) < 4.78 is 0. The number of hydrogen-bond donors (Lipinski definition) is 3. The molecule has 0 aromatic rings. The smallest absolute Gasteiger partial charge is 0.326 e. The topological polar surface area (TPSA) is 107 Å². The van der Waals surface area contributed by atoms with Gasteiger partial charge in [0.25, 0.3) is 0 Å². The van der Waals surface area contributed by atoms with Crippen molar-refractivity contribution in [2.24, 2.45) is 5.41 Å². The van der Waals surface area contributed by atoms with Crippen molar-refractivity contribution >= 4 is 18.0 Å². The van der Waals surface area contributed by atoms with Crippen molar-refractivity contribution in [3.63, 3.8) is 0 Å². The number of urea groups is 1. The lowest BCUT2D eigenvalue weighted by molar-refractivity contribution is -0.140. The molecule has 0 spiro atoms. The lowest BCUT2D eigenvalue weighted by atomic mass is 9.96. The molecule has 0 saturated carbocycles. The molecule has 7 nitrogen and oxygen atoms in total. The van der Waals surface area contributed by atoms with Crippen LogP contribution in [0.25, 0.3) is 0 Å². The summed E-state index contributed by atoms with van der Waals surface area (Å²) in [5.74, 6) is -2.33. The SMILES string of the molecule is CN(CC(C)(C)C)C(=O)NC(CCC(=O)O)C(=O)O. The van der Waals surface area contributed by atoms with E-state index in [4.69, 9.17) is 10.2 Å². The molecular weight excluding hydrogens is 252 g/mol. The van der Waals surface area contributed by atoms with Gasteiger partial charge < -0.3 is 20.4 Å². The summed E-state index contributed by atoms with van der Waals surface area (Å²) in [7, 11) is 1.57. The Hall–Kier alpha value is -1.79. The predicted molar refractivity (Wildman–Crippen MR) is 68.9 cm³/mol. The van der Waals surface area contributed by atoms with Crippen LogP contribution in [0.3, 0.4) is 0 Å². The quantitative estimate of drug-likeness (QED) is 0.669. The number of carbonyl (C=O) groups is 3. The Balaban J connectivity index is 4.46. The fraction of sp³-hybridized carbons (Fsp3) is 0.750. The van der Waals surface area contributed by atoms with Crippen LogP contribution in [-0.2, 0) is 9.59 Å². The number of carboxylic acids is 2. The Kier molecular flexibility index (Phi) is 6.31. The Morgan fingerprint density at radius 1 is 1.21 bits per heavy atom. The first-order valence-electron chi connectivity index (χ1n) is 5.99. The molecule has 0 aliphatic heterocycles. The van der Waals surface area contributed by atoms with Crippen molar-refractivity contribution in [2.75, 3.05) is 13.6 Å². The average molecular weight is 274 g/mol. The second-order valence-corrected chi connectivity index (χ2v) is 5.69. The number of nitrogens with zero attached hydrogens (tertiary/aromatic N) is 1. The van der Waals surface area contributed by atoms with E-state index in [2.05, 4.69) is 5.32 Å². The lowest BCUT2D eigenvalue weighted by Crippen LogP contribution is -2.48. The molecule has 2 amide bonds. The first-order valence-corrected chi connectivity index (χ1v) is 5.99. The van der Waals surface area contributed by atoms with E-state index in [1.165, 1.54) is 4.90 Å². The number of hydrogen-bond acceptors (Lipinski definition) is 3. The van der Waals surface area contributed by atoms with Gasteiger partial charge in [-0.25, -0.2) is 9.59 Å². The highest BCUT2D eigenvalue weighted by Gasteiger charge is 2.24. The molecule has 0 fully saturated rings. The third kappa shape index (κ3) is 8.01. The van der Waals surface area contributed by atoms with Crippen LogP contribution in [0.2, 0.25) is 0 Å². The van der Waals surface area contributed by atoms with E-state index in [1.807, 2.05) is 20.8 Å². The maximum absolute atomic E-state index is 11.8. The van der Waals surface area contributed by atoms with E-state index < -0.39 is 24.0 Å². The number of carbonyl (C=O) groups excluding carboxylic acids is 1. The van der Waals surface area contributed by atoms with Gasteiger partial charge >= 0.3 is 18.0 Å². The van der Waals surface area contributed by atoms with Crippen LogP contribution >= 0.6 is 0 Å². The van der Waals surface area contributed by atoms with Crippen LogP contribution in [0.4, 0.5) is 4.79 Å². The van der Waals surface area contributed by atoms with Gasteiger partial charge in [0.05, 0.1) is 0 Å². The third-order valence-corrected chi connectivity index (χ3v) is 2.30. The molecule has 0 rings (SSSR count). The van der Waals surface area contributed by atoms with Gasteiger partial charge in [-0.1, -0.05) is 20.8 Å². The molecule has 0 radical (unpaired) electrons. The summed E-state index contributed by atoms with van der Waals surface area (Å²) in [6.07, 6.45) is -0.444. The van der Waals surface area contributed by atoms with Gasteiger partial charge in [0, 0.05) is 20.0 Å². The van der Waals surface area contributed by atoms with Crippen molar-refractivity contribution in [2.45, 2.75) is 39.7 Å². The Morgan fingerprint density at radius 3 is 2.11 bits per heavy atom. The molecule has 0 aromatic heterocycles. The molecule has 0 aliphatic rings. The summed E-state index contributed by atoms with van der Waals surface area (Å²) in [6, 6.07) is -1.71. The summed E-state index contributed by atoms with van der Waals surface area (Å²) in [5, 5.41) is 19.8. The van der Waals surface area contributed by atoms with Crippen LogP contribution in [-0.4, -0.2) is 52.7 Å². The zero-order chi connectivity index (χ0) is 15.2. The van der Waals surface area contributed by atoms with Crippen molar-refractivity contribution < 1.29 is 24.6 Å². The van der Waals surface area contributed by atoms with E-state index in [1.54, 1.807) is 7.05 Å². The number of carboxylic acid groups (broad SMARTS) is 2. The van der Waals surface area contributed by atoms with E-state index in [9.17, 15) is 14.4 Å². The lowest BCUT2D eigenvalue weighted by Gasteiger charge is -2.27. The maximum atomic E-state index is 11.8. The van der Waals surface area contributed by atoms with Gasteiger partial charge in [0.15, 0.2) is 0 Å². The normalized spacial score (nSPS) is 12.6. The maximum Gasteiger partial charge on any atom is 0.326 e. The van der Waals surface area contributed by atoms with Crippen LogP contribution < -0.4 is 5.32 Å². The molecule has 1 atom stereocenters. The first-order chi connectivity index (χ1) is 8.53. The fourth-order valence-electron chi connectivity index (χ4n) is 1.57. The van der Waals surface area contributed by atoms with Crippen LogP contribution in [0.1, 0.15) is 33.6 Å². The van der Waals surface area contributed by atoms with Crippen molar-refractivity contribution in [3.8, 4) is 0 Å². The molecule has 0 aromatic carbocycles. The third-order valence-electron chi connectivity index (χ3n) is 2.30. The summed E-state index contributed by atoms with van der Waals surface area (Å²) in [4.78, 5) is 34.5. The van der Waals surface area contributed by atoms with Gasteiger partial charge in [-0.3, -0.25) is 4.79 Å². The highest BCUT2D eigenvalue weighted by atomic mass is 16.4. The van der Waals surface area contributed by atoms with Crippen LogP contribution in [0, 0.1) is 5.41 Å². The number of rotatable bonds is 6. The van der Waals surface area contributed by atoms with E-state index in [0.717, 1.165) is 0 Å². The molecule has 3 N–H and O–H groups in total. The van der Waals surface area contributed by atoms with E-state index in [0.29, 0.717) is 6.54 Å². The molecule has 110 valence electrons. The van der Waals surface area contributed by atoms with E-state index >= 15 is 0 Å². The van der Waals surface area contributed by atoms with Gasteiger partial charge in [0.1, 0.15) is 6.04 Å². The largest absolute Gasteiger partial charge is 0.481 e. The second kappa shape index (κ2) is 6.96. The Bertz CT molecular complexity index is 349. The minimum atomic E-state index is -1.24. The number of nitrogens with one attached hydrogen (secondary N) is 1. The van der Waals surface area contributed by atoms with Crippen molar-refractivity contribution in [1.82, 2.24) is 10.2 Å². The molecule has 19 heavy (non-hydrogen) atoms. The number of amides is 2. The standard InChI is InChI=1S/C12H22N2O5/c1-12(2,3)7-14(4)11(19)13-8(10(17)18)5-6-9(15)16/h8H,5-7H2,1-4H3,(H,13,19)(H,15,16)(H,17,18). The van der Waals surface area contributed by atoms with Crippen LogP contribution in [0.5, 0.6) is 0 Å². The molecule has 7 heteroatoms. The van der Waals surface area contributed by atoms with Gasteiger partial charge in [0.2, 0.25) is 0 Å². The Labute approximate surface area is 112 Å². The summed E-state index contributed by atoms with van der Waals surface area (Å²) in [6.45, 7) is 6.33. The highest BCUT2D eigenvalue weighted by molar-refractivity contribution is 5.83. The average Bonchev–Trinajstić information content (AvgIpc) is 2.20. The molecule has 0 aliphatic carbocycles. The van der Waals surface area contributed by atoms with Crippen molar-refractivity contribution in [1.29, 1.82) is 0 Å². The highest BCUT2D eigenvalue weighted by Crippen LogP contribution is 2.14. The monoisotopic (exact) mass is 274 g/mol. The minimum Gasteiger partial charge on any atom is -0.481 e. The summed E-state index contributed by atoms with van der Waals surface area (Å²) in [5.41, 5.74) is -0.105. The van der Waals surface area contributed by atoms with Gasteiger partial charge in [-0.2, -0.15) is 0 Å². The molecule has 0 saturated heterocycles. The van der Waals surface area contributed by atoms with Crippen molar-refractivity contribution in [3.05, 3.63) is 0 Å². The van der Waals surface area contributed by atoms with Gasteiger partial charge in [-0.15, -0.1) is 0 Å². The fourth-order valence-corrected chi connectivity index (χ4v) is 1.57. The molecular formula is C12H22N2O5. The molecule has 0 heterocycles. The molecule has 1 unspecified atom stereocenters. The molecule has 0 bridgehead atoms. The minimum absolute atomic E-state index is 0.105. The van der Waals surface area contributed by atoms with E-state index in [-0.39, 0.29) is 18.3 Å². The summed E-state index contributed by atoms with van der Waals surface area (Å²) >= 11 is 0. The Morgan fingerprint density at radius 2 is 1.74 bits per heavy atom. The first kappa shape index (κ1) is 17.2. The zero-order valence-electron chi connectivity index (χ0n) is 11.8. The van der Waals surface area contributed by atoms with Crippen LogP contribution in [0.15, 0.2) is 0 Å². The number of aliphatic carboxylic acids is 2. The second-order valence-electron chi connectivity index (χ2n) is 5.69. The predicted octanol–water partition coefficient (Wildman–Crippen LogP) is 0.992.